The van der Waals surface area contributed by atoms with Crippen molar-refractivity contribution in [2.75, 3.05) is 19.6 Å². The van der Waals surface area contributed by atoms with Gasteiger partial charge in [0.1, 0.15) is 5.78 Å². The number of benzene rings is 1. The van der Waals surface area contributed by atoms with Gasteiger partial charge in [-0.3, -0.25) is 14.5 Å². The van der Waals surface area contributed by atoms with Crippen molar-refractivity contribution in [3.63, 3.8) is 0 Å². The number of likely N-dealkylation sites (tertiary alicyclic amines) is 1. The maximum Gasteiger partial charge on any atom is 0.142 e. The molecule has 3 aromatic rings. The first kappa shape index (κ1) is 17.9. The molecule has 0 saturated carbocycles. The number of pyridine rings is 1. The van der Waals surface area contributed by atoms with E-state index in [0.717, 1.165) is 60.1 Å². The predicted octanol–water partition coefficient (Wildman–Crippen LogP) is 3.48. The van der Waals surface area contributed by atoms with E-state index in [2.05, 4.69) is 46.2 Å². The number of ketones is 1. The van der Waals surface area contributed by atoms with Crippen LogP contribution in [0.25, 0.3) is 21.9 Å². The molecular weight excluding hydrogens is 336 g/mol. The number of rotatable bonds is 5. The summed E-state index contributed by atoms with van der Waals surface area (Å²) < 4.78 is 1.81. The molecule has 0 aliphatic carbocycles. The minimum absolute atomic E-state index is 0.187. The third kappa shape index (κ3) is 3.93. The molecule has 1 aliphatic rings. The second kappa shape index (κ2) is 7.61. The minimum Gasteiger partial charge on any atom is -0.304 e. The Morgan fingerprint density at radius 2 is 1.93 bits per heavy atom. The minimum atomic E-state index is 0.187. The highest BCUT2D eigenvalue weighted by Crippen LogP contribution is 2.25. The number of fused-ring (bicyclic) bond motifs is 1. The van der Waals surface area contributed by atoms with Gasteiger partial charge >= 0.3 is 0 Å². The van der Waals surface area contributed by atoms with Crippen LogP contribution in [0.4, 0.5) is 0 Å². The smallest absolute Gasteiger partial charge is 0.142 e. The number of carbonyl (C=O) groups excluding carboxylic acids is 1. The Balaban J connectivity index is 1.51. The standard InChI is InChI=1S/C22H26N4O/c1-3-26-8-6-16(7-9-26)22(27)12-21-11-19-10-17(4-5-18(19)13-23-21)20-14-24-25(2)15-20/h4-5,10-11,13-16H,3,6-9,12H2,1-2H3. The predicted molar refractivity (Wildman–Crippen MR) is 107 cm³/mol. The van der Waals surface area contributed by atoms with Gasteiger partial charge in [0, 0.05) is 48.4 Å². The van der Waals surface area contributed by atoms with Crippen molar-refractivity contribution in [2.24, 2.45) is 13.0 Å². The molecule has 5 heteroatoms. The first-order chi connectivity index (χ1) is 13.1. The molecule has 0 amide bonds. The summed E-state index contributed by atoms with van der Waals surface area (Å²) in [6.45, 7) is 5.33. The van der Waals surface area contributed by atoms with Gasteiger partial charge in [0.2, 0.25) is 0 Å². The van der Waals surface area contributed by atoms with E-state index in [4.69, 9.17) is 0 Å². The molecule has 1 fully saturated rings. The van der Waals surface area contributed by atoms with Crippen LogP contribution in [-0.4, -0.2) is 45.1 Å². The zero-order valence-electron chi connectivity index (χ0n) is 16.1. The normalized spacial score (nSPS) is 16.1. The molecule has 0 unspecified atom stereocenters. The van der Waals surface area contributed by atoms with Crippen molar-refractivity contribution in [3.05, 3.63) is 48.5 Å². The SMILES string of the molecule is CCN1CCC(C(=O)Cc2cc3cc(-c4cnn(C)c4)ccc3cn2)CC1. The lowest BCUT2D eigenvalue weighted by Gasteiger charge is -2.30. The summed E-state index contributed by atoms with van der Waals surface area (Å²) in [6, 6.07) is 8.39. The number of aromatic nitrogens is 3. The number of Topliss-reactive ketones (excluding diaryl/α,β-unsaturated/α-hetero) is 1. The van der Waals surface area contributed by atoms with Crippen LogP contribution in [0.2, 0.25) is 0 Å². The van der Waals surface area contributed by atoms with E-state index in [0.29, 0.717) is 12.2 Å². The molecule has 0 bridgehead atoms. The Bertz CT molecular complexity index is 954. The summed E-state index contributed by atoms with van der Waals surface area (Å²) in [4.78, 5) is 19.7. The quantitative estimate of drug-likeness (QED) is 0.697. The maximum absolute atomic E-state index is 12.7. The van der Waals surface area contributed by atoms with Crippen molar-refractivity contribution >= 4 is 16.6 Å². The molecule has 0 spiro atoms. The Morgan fingerprint density at radius 3 is 2.63 bits per heavy atom. The number of carbonyl (C=O) groups is 1. The van der Waals surface area contributed by atoms with E-state index >= 15 is 0 Å². The first-order valence-corrected chi connectivity index (χ1v) is 9.75. The first-order valence-electron chi connectivity index (χ1n) is 9.75. The van der Waals surface area contributed by atoms with E-state index in [-0.39, 0.29) is 5.92 Å². The molecule has 4 rings (SSSR count). The monoisotopic (exact) mass is 362 g/mol. The largest absolute Gasteiger partial charge is 0.304 e. The molecule has 1 aromatic carbocycles. The van der Waals surface area contributed by atoms with Crippen LogP contribution in [-0.2, 0) is 18.3 Å². The van der Waals surface area contributed by atoms with Gasteiger partial charge in [0.05, 0.1) is 6.20 Å². The summed E-state index contributed by atoms with van der Waals surface area (Å²) in [5, 5.41) is 6.46. The second-order valence-electron chi connectivity index (χ2n) is 7.49. The molecule has 3 heterocycles. The van der Waals surface area contributed by atoms with Crippen LogP contribution < -0.4 is 0 Å². The number of aryl methyl sites for hydroxylation is 1. The number of piperidine rings is 1. The van der Waals surface area contributed by atoms with Crippen LogP contribution >= 0.6 is 0 Å². The molecule has 0 N–H and O–H groups in total. The van der Waals surface area contributed by atoms with Gasteiger partial charge in [0.25, 0.3) is 0 Å². The number of hydrogen-bond donors (Lipinski definition) is 0. The molecule has 0 radical (unpaired) electrons. The van der Waals surface area contributed by atoms with E-state index in [1.807, 2.05) is 25.6 Å². The van der Waals surface area contributed by atoms with Crippen molar-refractivity contribution in [2.45, 2.75) is 26.2 Å². The van der Waals surface area contributed by atoms with Crippen molar-refractivity contribution in [1.29, 1.82) is 0 Å². The molecule has 1 saturated heterocycles. The highest BCUT2D eigenvalue weighted by Gasteiger charge is 2.24. The van der Waals surface area contributed by atoms with Crippen molar-refractivity contribution in [1.82, 2.24) is 19.7 Å². The average Bonchev–Trinajstić information content (AvgIpc) is 3.14. The Kier molecular flexibility index (Phi) is 5.03. The topological polar surface area (TPSA) is 51.0 Å². The Labute approximate surface area is 160 Å². The average molecular weight is 362 g/mol. The van der Waals surface area contributed by atoms with Crippen molar-refractivity contribution < 1.29 is 4.79 Å². The zero-order valence-corrected chi connectivity index (χ0v) is 16.1. The van der Waals surface area contributed by atoms with Gasteiger partial charge in [-0.25, -0.2) is 0 Å². The zero-order chi connectivity index (χ0) is 18.8. The molecule has 1 aliphatic heterocycles. The summed E-state index contributed by atoms with van der Waals surface area (Å²) in [7, 11) is 1.92. The highest BCUT2D eigenvalue weighted by atomic mass is 16.1. The summed E-state index contributed by atoms with van der Waals surface area (Å²) in [5.41, 5.74) is 3.09. The third-order valence-electron chi connectivity index (χ3n) is 5.66. The van der Waals surface area contributed by atoms with E-state index in [1.54, 1.807) is 4.68 Å². The van der Waals surface area contributed by atoms with Gasteiger partial charge < -0.3 is 4.90 Å². The lowest BCUT2D eigenvalue weighted by molar-refractivity contribution is -0.123. The van der Waals surface area contributed by atoms with E-state index in [1.165, 1.54) is 0 Å². The fourth-order valence-corrected chi connectivity index (χ4v) is 3.93. The molecule has 140 valence electrons. The maximum atomic E-state index is 12.7. The lowest BCUT2D eigenvalue weighted by Crippen LogP contribution is -2.36. The number of hydrogen-bond acceptors (Lipinski definition) is 4. The molecule has 5 nitrogen and oxygen atoms in total. The molecule has 2 aromatic heterocycles. The Morgan fingerprint density at radius 1 is 1.11 bits per heavy atom. The highest BCUT2D eigenvalue weighted by molar-refractivity contribution is 5.88. The fraction of sp³-hybridized carbons (Fsp3) is 0.409. The summed E-state index contributed by atoms with van der Waals surface area (Å²) in [5.74, 6) is 0.521. The summed E-state index contributed by atoms with van der Waals surface area (Å²) in [6.07, 6.45) is 8.15. The van der Waals surface area contributed by atoms with Gasteiger partial charge in [0.15, 0.2) is 0 Å². The molecule has 0 atom stereocenters. The Hall–Kier alpha value is -2.53. The fourth-order valence-electron chi connectivity index (χ4n) is 3.93. The van der Waals surface area contributed by atoms with E-state index in [9.17, 15) is 4.79 Å². The summed E-state index contributed by atoms with van der Waals surface area (Å²) >= 11 is 0. The van der Waals surface area contributed by atoms with E-state index < -0.39 is 0 Å². The van der Waals surface area contributed by atoms with Crippen LogP contribution in [0.1, 0.15) is 25.5 Å². The van der Waals surface area contributed by atoms with Crippen LogP contribution in [0.3, 0.4) is 0 Å². The van der Waals surface area contributed by atoms with Gasteiger partial charge in [-0.1, -0.05) is 19.1 Å². The van der Waals surface area contributed by atoms with Gasteiger partial charge in [-0.2, -0.15) is 5.10 Å². The van der Waals surface area contributed by atoms with Crippen LogP contribution in [0.15, 0.2) is 42.9 Å². The number of nitrogens with zero attached hydrogens (tertiary/aromatic N) is 4. The third-order valence-corrected chi connectivity index (χ3v) is 5.66. The van der Waals surface area contributed by atoms with Gasteiger partial charge in [-0.15, -0.1) is 0 Å². The second-order valence-corrected chi connectivity index (χ2v) is 7.49. The van der Waals surface area contributed by atoms with Crippen LogP contribution in [0, 0.1) is 5.92 Å². The van der Waals surface area contributed by atoms with Crippen LogP contribution in [0.5, 0.6) is 0 Å². The lowest BCUT2D eigenvalue weighted by atomic mass is 9.90. The molecular formula is C22H26N4O. The molecule has 27 heavy (non-hydrogen) atoms. The van der Waals surface area contributed by atoms with Crippen molar-refractivity contribution in [3.8, 4) is 11.1 Å². The van der Waals surface area contributed by atoms with Gasteiger partial charge in [-0.05, 0) is 55.6 Å².